The lowest BCUT2D eigenvalue weighted by molar-refractivity contribution is -0.129. The third-order valence-electron chi connectivity index (χ3n) is 2.12. The molecule has 0 aliphatic rings. The van der Waals surface area contributed by atoms with Crippen LogP contribution in [0.5, 0.6) is 0 Å². The molecule has 0 aliphatic heterocycles. The molecule has 0 aliphatic carbocycles. The molecule has 0 aromatic heterocycles. The minimum Gasteiger partial charge on any atom is -0.335 e. The number of nitrogens with zero attached hydrogens (tertiary/aromatic N) is 1. The van der Waals surface area contributed by atoms with Crippen molar-refractivity contribution in [1.29, 1.82) is 0 Å². The van der Waals surface area contributed by atoms with Gasteiger partial charge in [-0.1, -0.05) is 42.5 Å². The molecule has 0 N–H and O–H groups in total. The van der Waals surface area contributed by atoms with Crippen molar-refractivity contribution in [3.63, 3.8) is 0 Å². The Bertz CT molecular complexity index is 343. The second-order valence-corrected chi connectivity index (χ2v) is 3.82. The fourth-order valence-corrected chi connectivity index (χ4v) is 1.41. The summed E-state index contributed by atoms with van der Waals surface area (Å²) in [4.78, 5) is 13.2. The molecule has 0 spiro atoms. The molecular weight excluding hydrogens is 186 g/mol. The first-order valence-corrected chi connectivity index (χ1v) is 5.03. The van der Waals surface area contributed by atoms with Gasteiger partial charge in [-0.15, -0.1) is 0 Å². The van der Waals surface area contributed by atoms with Gasteiger partial charge in [0.1, 0.15) is 0 Å². The van der Waals surface area contributed by atoms with Crippen LogP contribution < -0.4 is 0 Å². The van der Waals surface area contributed by atoms with E-state index in [1.165, 1.54) is 0 Å². The highest BCUT2D eigenvalue weighted by Crippen LogP contribution is 2.06. The molecule has 0 atom stereocenters. The Labute approximate surface area is 91.2 Å². The van der Waals surface area contributed by atoms with E-state index in [9.17, 15) is 4.79 Å². The van der Waals surface area contributed by atoms with Crippen molar-refractivity contribution in [3.05, 3.63) is 48.0 Å². The Morgan fingerprint density at radius 2 is 1.87 bits per heavy atom. The van der Waals surface area contributed by atoms with E-state index in [0.29, 0.717) is 13.1 Å². The van der Waals surface area contributed by atoms with E-state index in [4.69, 9.17) is 0 Å². The van der Waals surface area contributed by atoms with E-state index >= 15 is 0 Å². The predicted molar refractivity (Wildman–Crippen MR) is 62.3 cm³/mol. The first-order chi connectivity index (χ1) is 7.09. The quantitative estimate of drug-likeness (QED) is 0.689. The molecule has 1 amide bonds. The second kappa shape index (κ2) is 5.35. The normalized spacial score (nSPS) is 9.73. The van der Waals surface area contributed by atoms with Crippen LogP contribution in [0.25, 0.3) is 0 Å². The zero-order chi connectivity index (χ0) is 11.3. The summed E-state index contributed by atoms with van der Waals surface area (Å²) in [5.41, 5.74) is 2.15. The average Bonchev–Trinajstić information content (AvgIpc) is 2.17. The zero-order valence-electron chi connectivity index (χ0n) is 9.36. The van der Waals surface area contributed by atoms with Crippen molar-refractivity contribution in [2.24, 2.45) is 0 Å². The minimum absolute atomic E-state index is 0.0850. The largest absolute Gasteiger partial charge is 0.335 e. The Hall–Kier alpha value is -1.57. The molecular formula is C13H17NO. The monoisotopic (exact) mass is 203 g/mol. The summed E-state index contributed by atoms with van der Waals surface area (Å²) in [7, 11) is 0. The van der Waals surface area contributed by atoms with Crippen molar-refractivity contribution < 1.29 is 4.79 Å². The first kappa shape index (κ1) is 11.5. The van der Waals surface area contributed by atoms with E-state index in [-0.39, 0.29) is 5.91 Å². The number of carbonyl (C=O) groups is 1. The van der Waals surface area contributed by atoms with Crippen LogP contribution in [-0.2, 0) is 11.3 Å². The van der Waals surface area contributed by atoms with Crippen LogP contribution in [-0.4, -0.2) is 17.4 Å². The van der Waals surface area contributed by atoms with Crippen molar-refractivity contribution in [2.45, 2.75) is 20.4 Å². The average molecular weight is 203 g/mol. The van der Waals surface area contributed by atoms with Crippen molar-refractivity contribution in [2.75, 3.05) is 6.54 Å². The maximum Gasteiger partial charge on any atom is 0.220 e. The molecule has 1 rings (SSSR count). The van der Waals surface area contributed by atoms with Gasteiger partial charge in [-0.3, -0.25) is 4.79 Å². The molecule has 0 bridgehead atoms. The predicted octanol–water partition coefficient (Wildman–Crippen LogP) is 2.61. The lowest BCUT2D eigenvalue weighted by Crippen LogP contribution is -2.29. The van der Waals surface area contributed by atoms with Crippen molar-refractivity contribution in [1.82, 2.24) is 4.90 Å². The second-order valence-electron chi connectivity index (χ2n) is 3.82. The van der Waals surface area contributed by atoms with Gasteiger partial charge in [0.05, 0.1) is 0 Å². The molecule has 2 heteroatoms. The highest BCUT2D eigenvalue weighted by Gasteiger charge is 2.08. The van der Waals surface area contributed by atoms with E-state index in [2.05, 4.69) is 6.58 Å². The topological polar surface area (TPSA) is 20.3 Å². The van der Waals surface area contributed by atoms with E-state index in [0.717, 1.165) is 11.1 Å². The maximum absolute atomic E-state index is 11.4. The number of hydrogen-bond donors (Lipinski definition) is 0. The Morgan fingerprint density at radius 3 is 2.33 bits per heavy atom. The minimum atomic E-state index is 0.0850. The van der Waals surface area contributed by atoms with Crippen molar-refractivity contribution in [3.8, 4) is 0 Å². The van der Waals surface area contributed by atoms with Gasteiger partial charge < -0.3 is 4.90 Å². The summed E-state index contributed by atoms with van der Waals surface area (Å²) in [6, 6.07) is 9.98. The van der Waals surface area contributed by atoms with Gasteiger partial charge >= 0.3 is 0 Å². The highest BCUT2D eigenvalue weighted by atomic mass is 16.2. The van der Waals surface area contributed by atoms with E-state index in [1.807, 2.05) is 37.3 Å². The SMILES string of the molecule is C=C(C)CN(Cc1ccccc1)C(C)=O. The Kier molecular flexibility index (Phi) is 4.10. The third-order valence-corrected chi connectivity index (χ3v) is 2.12. The van der Waals surface area contributed by atoms with Gasteiger partial charge in [0, 0.05) is 20.0 Å². The number of amides is 1. The van der Waals surface area contributed by atoms with Crippen LogP contribution >= 0.6 is 0 Å². The summed E-state index contributed by atoms with van der Waals surface area (Å²) in [6.45, 7) is 8.63. The van der Waals surface area contributed by atoms with E-state index in [1.54, 1.807) is 11.8 Å². The highest BCUT2D eigenvalue weighted by molar-refractivity contribution is 5.73. The number of carbonyl (C=O) groups excluding carboxylic acids is 1. The molecule has 80 valence electrons. The van der Waals surface area contributed by atoms with Crippen LogP contribution in [0.4, 0.5) is 0 Å². The molecule has 15 heavy (non-hydrogen) atoms. The molecule has 0 radical (unpaired) electrons. The zero-order valence-corrected chi connectivity index (χ0v) is 9.36. The number of benzene rings is 1. The van der Waals surface area contributed by atoms with Crippen LogP contribution in [0, 0.1) is 0 Å². The smallest absolute Gasteiger partial charge is 0.220 e. The van der Waals surface area contributed by atoms with Crippen LogP contribution in [0.2, 0.25) is 0 Å². The summed E-state index contributed by atoms with van der Waals surface area (Å²) in [5.74, 6) is 0.0850. The first-order valence-electron chi connectivity index (χ1n) is 5.03. The molecule has 0 saturated carbocycles. The van der Waals surface area contributed by atoms with Crippen LogP contribution in [0.15, 0.2) is 42.5 Å². The van der Waals surface area contributed by atoms with Crippen LogP contribution in [0.3, 0.4) is 0 Å². The standard InChI is InChI=1S/C13H17NO/c1-11(2)9-14(12(3)15)10-13-7-5-4-6-8-13/h4-8H,1,9-10H2,2-3H3. The van der Waals surface area contributed by atoms with E-state index < -0.39 is 0 Å². The molecule has 2 nitrogen and oxygen atoms in total. The summed E-state index contributed by atoms with van der Waals surface area (Å²) in [5, 5.41) is 0. The molecule has 1 aromatic rings. The maximum atomic E-state index is 11.4. The number of hydrogen-bond acceptors (Lipinski definition) is 1. The Balaban J connectivity index is 2.67. The summed E-state index contributed by atoms with van der Waals surface area (Å²) >= 11 is 0. The summed E-state index contributed by atoms with van der Waals surface area (Å²) < 4.78 is 0. The van der Waals surface area contributed by atoms with Gasteiger partial charge in [-0.25, -0.2) is 0 Å². The van der Waals surface area contributed by atoms with Gasteiger partial charge in [-0.05, 0) is 12.5 Å². The molecule has 0 heterocycles. The van der Waals surface area contributed by atoms with Crippen LogP contribution in [0.1, 0.15) is 19.4 Å². The van der Waals surface area contributed by atoms with Gasteiger partial charge in [0.15, 0.2) is 0 Å². The molecule has 0 fully saturated rings. The van der Waals surface area contributed by atoms with Gasteiger partial charge in [0.2, 0.25) is 5.91 Å². The van der Waals surface area contributed by atoms with Gasteiger partial charge in [0.25, 0.3) is 0 Å². The number of rotatable bonds is 4. The lowest BCUT2D eigenvalue weighted by atomic mass is 10.2. The van der Waals surface area contributed by atoms with Crippen molar-refractivity contribution >= 4 is 5.91 Å². The fourth-order valence-electron chi connectivity index (χ4n) is 1.41. The molecule has 0 unspecified atom stereocenters. The third kappa shape index (κ3) is 3.98. The molecule has 1 aromatic carbocycles. The van der Waals surface area contributed by atoms with Gasteiger partial charge in [-0.2, -0.15) is 0 Å². The lowest BCUT2D eigenvalue weighted by Gasteiger charge is -2.21. The molecule has 0 saturated heterocycles. The summed E-state index contributed by atoms with van der Waals surface area (Å²) in [6.07, 6.45) is 0. The Morgan fingerprint density at radius 1 is 1.27 bits per heavy atom. The fraction of sp³-hybridized carbons (Fsp3) is 0.308.